The maximum absolute atomic E-state index is 14.0. The van der Waals surface area contributed by atoms with Crippen molar-refractivity contribution in [1.82, 2.24) is 24.4 Å². The van der Waals surface area contributed by atoms with E-state index in [1.807, 2.05) is 70.3 Å². The molecule has 0 saturated carbocycles. The number of carbonyl (C=O) groups excluding carboxylic acids is 2. The highest BCUT2D eigenvalue weighted by Crippen LogP contribution is 2.24. The number of aromatic nitrogens is 1. The fraction of sp³-hybridized carbons (Fsp3) is 0.485. The quantitative estimate of drug-likeness (QED) is 0.223. The van der Waals surface area contributed by atoms with Crippen molar-refractivity contribution in [1.29, 1.82) is 0 Å². The Morgan fingerprint density at radius 1 is 1.04 bits per heavy atom. The Hall–Kier alpha value is -3.52. The Labute approximate surface area is 275 Å². The first-order chi connectivity index (χ1) is 21.8. The number of sulfonamides is 1. The molecule has 4 rings (SSSR count). The van der Waals surface area contributed by atoms with E-state index in [1.54, 1.807) is 9.80 Å². The highest BCUT2D eigenvalue weighted by molar-refractivity contribution is 7.89. The lowest BCUT2D eigenvalue weighted by atomic mass is 9.97. The molecular formula is C33H45N5O6S2. The van der Waals surface area contributed by atoms with E-state index in [-0.39, 0.29) is 48.0 Å². The molecule has 0 spiro atoms. The summed E-state index contributed by atoms with van der Waals surface area (Å²) in [6, 6.07) is 12.7. The zero-order valence-corrected chi connectivity index (χ0v) is 28.7. The standard InChI is InChI=1S/C33H45N5O6S2/c1-22(2)18-37(46(43,44)28-13-11-27(39)12-14-28)20-30(40)29(17-25-9-7-6-8-10-25)35-32(41)31(23(3)4)38-16-15-36(33(38)42)19-26-21-45-24(5)34-26/h6-14,21-23,29-31,39-40H,15-20H2,1-5H3,(H,35,41)/t29-,30-,31+/m1/s1. The summed E-state index contributed by atoms with van der Waals surface area (Å²) >= 11 is 1.52. The van der Waals surface area contributed by atoms with Crippen molar-refractivity contribution in [3.8, 4) is 5.75 Å². The van der Waals surface area contributed by atoms with Gasteiger partial charge in [0.05, 0.1) is 34.3 Å². The van der Waals surface area contributed by atoms with E-state index < -0.39 is 34.1 Å². The van der Waals surface area contributed by atoms with Gasteiger partial charge < -0.3 is 25.3 Å². The molecule has 1 fully saturated rings. The first kappa shape index (κ1) is 35.3. The number of phenols is 1. The van der Waals surface area contributed by atoms with Crippen LogP contribution < -0.4 is 5.32 Å². The van der Waals surface area contributed by atoms with Gasteiger partial charge in [-0.3, -0.25) is 4.79 Å². The van der Waals surface area contributed by atoms with Crippen LogP contribution in [0.4, 0.5) is 4.79 Å². The first-order valence-electron chi connectivity index (χ1n) is 15.5. The second-order valence-corrected chi connectivity index (χ2v) is 15.5. The van der Waals surface area contributed by atoms with Crippen molar-refractivity contribution in [2.75, 3.05) is 26.2 Å². The molecule has 0 bridgehead atoms. The average molecular weight is 672 g/mol. The van der Waals surface area contributed by atoms with E-state index in [2.05, 4.69) is 10.3 Å². The van der Waals surface area contributed by atoms with E-state index in [4.69, 9.17) is 0 Å². The number of rotatable bonds is 15. The van der Waals surface area contributed by atoms with Gasteiger partial charge in [0, 0.05) is 31.6 Å². The third-order valence-electron chi connectivity index (χ3n) is 7.91. The molecule has 1 aromatic heterocycles. The normalized spacial score (nSPS) is 16.0. The Morgan fingerprint density at radius 3 is 2.30 bits per heavy atom. The van der Waals surface area contributed by atoms with Crippen LogP contribution in [0.1, 0.15) is 44.0 Å². The fourth-order valence-electron chi connectivity index (χ4n) is 5.69. The molecule has 1 aliphatic heterocycles. The van der Waals surface area contributed by atoms with Crippen molar-refractivity contribution < 1.29 is 28.2 Å². The molecular weight excluding hydrogens is 627 g/mol. The smallest absolute Gasteiger partial charge is 0.321 e. The topological polar surface area (TPSA) is 143 Å². The maximum atomic E-state index is 14.0. The molecule has 3 aromatic rings. The van der Waals surface area contributed by atoms with Crippen molar-refractivity contribution in [3.63, 3.8) is 0 Å². The van der Waals surface area contributed by atoms with Gasteiger partial charge in [-0.1, -0.05) is 58.0 Å². The van der Waals surface area contributed by atoms with Crippen LogP contribution in [0.5, 0.6) is 5.75 Å². The van der Waals surface area contributed by atoms with Crippen molar-refractivity contribution in [2.24, 2.45) is 11.8 Å². The van der Waals surface area contributed by atoms with Gasteiger partial charge >= 0.3 is 6.03 Å². The molecule has 46 heavy (non-hydrogen) atoms. The lowest BCUT2D eigenvalue weighted by Crippen LogP contribution is -2.57. The number of nitrogens with one attached hydrogen (secondary N) is 1. The van der Waals surface area contributed by atoms with Gasteiger partial charge in [0.25, 0.3) is 0 Å². The van der Waals surface area contributed by atoms with Crippen LogP contribution in [-0.4, -0.2) is 94.0 Å². The molecule has 250 valence electrons. The molecule has 0 radical (unpaired) electrons. The van der Waals surface area contributed by atoms with Crippen LogP contribution in [0.15, 0.2) is 64.9 Å². The van der Waals surface area contributed by atoms with Gasteiger partial charge in [0.2, 0.25) is 15.9 Å². The summed E-state index contributed by atoms with van der Waals surface area (Å²) in [5.41, 5.74) is 1.66. The summed E-state index contributed by atoms with van der Waals surface area (Å²) in [7, 11) is -4.04. The highest BCUT2D eigenvalue weighted by Gasteiger charge is 2.40. The summed E-state index contributed by atoms with van der Waals surface area (Å²) in [6.07, 6.45) is -1.03. The second kappa shape index (κ2) is 15.4. The monoisotopic (exact) mass is 671 g/mol. The number of hydrogen-bond donors (Lipinski definition) is 3. The minimum atomic E-state index is -4.04. The lowest BCUT2D eigenvalue weighted by Gasteiger charge is -2.34. The molecule has 0 unspecified atom stereocenters. The molecule has 3 amide bonds. The average Bonchev–Trinajstić information content (AvgIpc) is 3.57. The molecule has 2 heterocycles. The molecule has 13 heteroatoms. The van der Waals surface area contributed by atoms with Gasteiger partial charge in [0.1, 0.15) is 11.8 Å². The Kier molecular flexibility index (Phi) is 11.8. The molecule has 2 aromatic carbocycles. The predicted molar refractivity (Wildman–Crippen MR) is 178 cm³/mol. The number of aryl methyl sites for hydroxylation is 1. The third kappa shape index (κ3) is 8.84. The van der Waals surface area contributed by atoms with Crippen LogP contribution in [0.2, 0.25) is 0 Å². The fourth-order valence-corrected chi connectivity index (χ4v) is 7.91. The molecule has 1 aliphatic rings. The predicted octanol–water partition coefficient (Wildman–Crippen LogP) is 3.85. The van der Waals surface area contributed by atoms with Gasteiger partial charge in [-0.15, -0.1) is 11.3 Å². The minimum Gasteiger partial charge on any atom is -0.508 e. The number of nitrogens with zero attached hydrogens (tertiary/aromatic N) is 4. The highest BCUT2D eigenvalue weighted by atomic mass is 32.2. The number of amides is 3. The zero-order chi connectivity index (χ0) is 33.6. The van der Waals surface area contributed by atoms with E-state index in [0.29, 0.717) is 19.6 Å². The maximum Gasteiger partial charge on any atom is 0.321 e. The second-order valence-electron chi connectivity index (χ2n) is 12.5. The van der Waals surface area contributed by atoms with Gasteiger partial charge in [-0.05, 0) is 55.0 Å². The molecule has 3 N–H and O–H groups in total. The number of aromatic hydroxyl groups is 1. The number of carbonyl (C=O) groups is 2. The number of aliphatic hydroxyl groups is 1. The summed E-state index contributed by atoms with van der Waals surface area (Å²) < 4.78 is 28.6. The summed E-state index contributed by atoms with van der Waals surface area (Å²) in [6.45, 7) is 10.5. The molecule has 3 atom stereocenters. The molecule has 1 saturated heterocycles. The summed E-state index contributed by atoms with van der Waals surface area (Å²) in [5, 5.41) is 27.2. The SMILES string of the molecule is Cc1nc(CN2CCN([C@H](C(=O)N[C@H](Cc3ccccc3)[C@H](O)CN(CC(C)C)S(=O)(=O)c3ccc(O)cc3)C(C)C)C2=O)cs1. The summed E-state index contributed by atoms with van der Waals surface area (Å²) in [5.74, 6) is -0.750. The van der Waals surface area contributed by atoms with Gasteiger partial charge in [-0.2, -0.15) is 4.31 Å². The van der Waals surface area contributed by atoms with Crippen molar-refractivity contribution in [2.45, 2.75) is 70.7 Å². The van der Waals surface area contributed by atoms with Gasteiger partial charge in [0.15, 0.2) is 0 Å². The number of thiazole rings is 1. The molecule has 0 aliphatic carbocycles. The van der Waals surface area contributed by atoms with E-state index in [0.717, 1.165) is 16.3 Å². The Morgan fingerprint density at radius 2 is 1.72 bits per heavy atom. The van der Waals surface area contributed by atoms with Crippen LogP contribution in [0, 0.1) is 18.8 Å². The zero-order valence-electron chi connectivity index (χ0n) is 27.0. The van der Waals surface area contributed by atoms with Crippen LogP contribution in [-0.2, 0) is 27.8 Å². The number of phenolic OH excluding ortho intramolecular Hbond substituents is 1. The van der Waals surface area contributed by atoms with E-state index in [1.165, 1.54) is 39.9 Å². The first-order valence-corrected chi connectivity index (χ1v) is 17.9. The van der Waals surface area contributed by atoms with Crippen molar-refractivity contribution >= 4 is 33.3 Å². The lowest BCUT2D eigenvalue weighted by molar-refractivity contribution is -0.128. The number of benzene rings is 2. The van der Waals surface area contributed by atoms with E-state index in [9.17, 15) is 28.2 Å². The number of urea groups is 1. The van der Waals surface area contributed by atoms with Crippen LogP contribution in [0.3, 0.4) is 0 Å². The molecule has 11 nitrogen and oxygen atoms in total. The third-order valence-corrected chi connectivity index (χ3v) is 10.6. The Bertz CT molecular complexity index is 1560. The van der Waals surface area contributed by atoms with E-state index >= 15 is 0 Å². The van der Waals surface area contributed by atoms with Gasteiger partial charge in [-0.25, -0.2) is 18.2 Å². The van der Waals surface area contributed by atoms with Crippen LogP contribution >= 0.6 is 11.3 Å². The summed E-state index contributed by atoms with van der Waals surface area (Å²) in [4.78, 5) is 35.2. The minimum absolute atomic E-state index is 0.00780. The van der Waals surface area contributed by atoms with Crippen LogP contribution in [0.25, 0.3) is 0 Å². The van der Waals surface area contributed by atoms with Crippen molar-refractivity contribution in [3.05, 3.63) is 76.2 Å². The number of hydrogen-bond acceptors (Lipinski definition) is 8. The number of aliphatic hydroxyl groups excluding tert-OH is 1. The Balaban J connectivity index is 1.56. The largest absolute Gasteiger partial charge is 0.508 e.